The Morgan fingerprint density at radius 1 is 1.43 bits per heavy atom. The van der Waals surface area contributed by atoms with Crippen molar-refractivity contribution in [1.82, 2.24) is 15.2 Å². The number of nitrogens with one attached hydrogen (secondary N) is 1. The zero-order valence-electron chi connectivity index (χ0n) is 13.8. The Labute approximate surface area is 135 Å². The van der Waals surface area contributed by atoms with E-state index < -0.39 is 23.6 Å². The Bertz CT molecular complexity index is 583. The van der Waals surface area contributed by atoms with Gasteiger partial charge in [-0.3, -0.25) is 14.7 Å². The second-order valence-electron chi connectivity index (χ2n) is 6.61. The van der Waals surface area contributed by atoms with E-state index >= 15 is 0 Å². The molecular weight excluding hydrogens is 301 g/mol. The van der Waals surface area contributed by atoms with Crippen molar-refractivity contribution in [3.8, 4) is 0 Å². The van der Waals surface area contributed by atoms with Gasteiger partial charge in [-0.15, -0.1) is 0 Å². The fourth-order valence-electron chi connectivity index (χ4n) is 2.23. The number of pyridine rings is 1. The van der Waals surface area contributed by atoms with Gasteiger partial charge in [0.05, 0.1) is 17.9 Å². The molecule has 126 valence electrons. The summed E-state index contributed by atoms with van der Waals surface area (Å²) in [5.74, 6) is -0.692. The number of hydrogen-bond acceptors (Lipinski definition) is 4. The van der Waals surface area contributed by atoms with E-state index in [-0.39, 0.29) is 11.9 Å². The molecule has 0 saturated carbocycles. The predicted octanol–water partition coefficient (Wildman–Crippen LogP) is 2.41. The minimum Gasteiger partial charge on any atom is -0.444 e. The number of carbonyl (C=O) groups is 2. The van der Waals surface area contributed by atoms with Crippen molar-refractivity contribution in [3.05, 3.63) is 29.8 Å². The van der Waals surface area contributed by atoms with Gasteiger partial charge in [-0.25, -0.2) is 9.18 Å². The number of ether oxygens (including phenoxy) is 1. The van der Waals surface area contributed by atoms with Crippen LogP contribution < -0.4 is 5.32 Å². The monoisotopic (exact) mass is 323 g/mol. The van der Waals surface area contributed by atoms with Crippen LogP contribution in [0.5, 0.6) is 0 Å². The van der Waals surface area contributed by atoms with Crippen LogP contribution >= 0.6 is 0 Å². The highest BCUT2D eigenvalue weighted by Gasteiger charge is 2.40. The molecule has 2 amide bonds. The molecule has 2 heterocycles. The van der Waals surface area contributed by atoms with Crippen molar-refractivity contribution in [2.45, 2.75) is 51.8 Å². The lowest BCUT2D eigenvalue weighted by Gasteiger charge is -2.40. The highest BCUT2D eigenvalue weighted by molar-refractivity contribution is 5.87. The molecule has 1 aromatic rings. The van der Waals surface area contributed by atoms with E-state index in [1.807, 2.05) is 0 Å². The lowest BCUT2D eigenvalue weighted by atomic mass is 10.0. The molecule has 7 heteroatoms. The Morgan fingerprint density at radius 3 is 2.61 bits per heavy atom. The molecule has 23 heavy (non-hydrogen) atoms. The first kappa shape index (κ1) is 17.2. The average molecular weight is 323 g/mol. The van der Waals surface area contributed by atoms with Crippen LogP contribution in [0.4, 0.5) is 9.18 Å². The summed E-state index contributed by atoms with van der Waals surface area (Å²) >= 11 is 0. The summed E-state index contributed by atoms with van der Waals surface area (Å²) in [6.45, 7) is 7.59. The number of halogens is 1. The van der Waals surface area contributed by atoms with Crippen LogP contribution in [0.3, 0.4) is 0 Å². The molecule has 2 rings (SSSR count). The molecule has 0 spiro atoms. The molecule has 1 aromatic heterocycles. The predicted molar refractivity (Wildman–Crippen MR) is 82.1 cm³/mol. The maximum absolute atomic E-state index is 12.9. The Morgan fingerprint density at radius 2 is 2.13 bits per heavy atom. The summed E-state index contributed by atoms with van der Waals surface area (Å²) in [5.41, 5.74) is -0.0400. The smallest absolute Gasteiger partial charge is 0.410 e. The van der Waals surface area contributed by atoms with Gasteiger partial charge in [0, 0.05) is 6.54 Å². The summed E-state index contributed by atoms with van der Waals surface area (Å²) in [6, 6.07) is 1.91. The van der Waals surface area contributed by atoms with E-state index in [4.69, 9.17) is 4.74 Å². The zero-order valence-corrected chi connectivity index (χ0v) is 13.8. The molecule has 1 aliphatic heterocycles. The minimum atomic E-state index is -0.598. The molecule has 1 saturated heterocycles. The summed E-state index contributed by atoms with van der Waals surface area (Å²) < 4.78 is 18.1. The van der Waals surface area contributed by atoms with Gasteiger partial charge in [0.15, 0.2) is 0 Å². The van der Waals surface area contributed by atoms with E-state index in [1.54, 1.807) is 27.7 Å². The molecule has 1 fully saturated rings. The Kier molecular flexibility index (Phi) is 4.87. The normalized spacial score (nSPS) is 18.8. The fourth-order valence-corrected chi connectivity index (χ4v) is 2.23. The van der Waals surface area contributed by atoms with Gasteiger partial charge in [-0.2, -0.15) is 0 Å². The van der Waals surface area contributed by atoms with Crippen LogP contribution in [0.1, 0.15) is 45.9 Å². The maximum Gasteiger partial charge on any atom is 0.410 e. The number of nitrogens with zero attached hydrogens (tertiary/aromatic N) is 2. The van der Waals surface area contributed by atoms with E-state index in [9.17, 15) is 14.0 Å². The van der Waals surface area contributed by atoms with Crippen molar-refractivity contribution in [3.63, 3.8) is 0 Å². The Hall–Kier alpha value is -2.18. The number of likely N-dealkylation sites (tertiary alicyclic amines) is 1. The summed E-state index contributed by atoms with van der Waals surface area (Å²) in [5, 5.41) is 2.79. The van der Waals surface area contributed by atoms with Crippen molar-refractivity contribution >= 4 is 12.0 Å². The van der Waals surface area contributed by atoms with Crippen LogP contribution in [0.25, 0.3) is 0 Å². The number of hydrogen-bond donors (Lipinski definition) is 1. The van der Waals surface area contributed by atoms with E-state index in [0.29, 0.717) is 18.7 Å². The van der Waals surface area contributed by atoms with Crippen molar-refractivity contribution in [2.75, 3.05) is 6.54 Å². The van der Waals surface area contributed by atoms with Crippen LogP contribution in [-0.4, -0.2) is 40.1 Å². The van der Waals surface area contributed by atoms with Gasteiger partial charge in [-0.1, -0.05) is 0 Å². The molecule has 2 atom stereocenters. The van der Waals surface area contributed by atoms with Crippen molar-refractivity contribution < 1.29 is 18.7 Å². The fraction of sp³-hybridized carbons (Fsp3) is 0.562. The highest BCUT2D eigenvalue weighted by atomic mass is 19.1. The zero-order chi connectivity index (χ0) is 17.2. The molecule has 0 aliphatic carbocycles. The van der Waals surface area contributed by atoms with Crippen LogP contribution in [0.15, 0.2) is 18.3 Å². The average Bonchev–Trinajstić information content (AvgIpc) is 2.35. The number of rotatable bonds is 3. The molecular formula is C16H22FN3O3. The second-order valence-corrected chi connectivity index (χ2v) is 6.61. The molecule has 1 aliphatic rings. The lowest BCUT2D eigenvalue weighted by molar-refractivity contribution is -0.131. The summed E-state index contributed by atoms with van der Waals surface area (Å²) in [6.07, 6.45) is 1.21. The SMILES string of the molecule is C[C@H](NC(=O)[C@H]1CCN1C(=O)OC(C)(C)C)c1ccc(F)cn1. The van der Waals surface area contributed by atoms with Gasteiger partial charge in [0.25, 0.3) is 0 Å². The van der Waals surface area contributed by atoms with Gasteiger partial charge in [0.1, 0.15) is 17.5 Å². The van der Waals surface area contributed by atoms with Gasteiger partial charge >= 0.3 is 6.09 Å². The molecule has 6 nitrogen and oxygen atoms in total. The summed E-state index contributed by atoms with van der Waals surface area (Å²) in [7, 11) is 0. The third kappa shape index (κ3) is 4.40. The van der Waals surface area contributed by atoms with Crippen molar-refractivity contribution in [1.29, 1.82) is 0 Å². The first-order valence-corrected chi connectivity index (χ1v) is 7.59. The van der Waals surface area contributed by atoms with Gasteiger partial charge < -0.3 is 10.1 Å². The third-order valence-electron chi connectivity index (χ3n) is 3.50. The van der Waals surface area contributed by atoms with E-state index in [0.717, 1.165) is 6.20 Å². The molecule has 0 unspecified atom stereocenters. The number of carbonyl (C=O) groups excluding carboxylic acids is 2. The molecule has 1 N–H and O–H groups in total. The number of amides is 2. The molecule has 0 radical (unpaired) electrons. The van der Waals surface area contributed by atoms with Crippen molar-refractivity contribution in [2.24, 2.45) is 0 Å². The van der Waals surface area contributed by atoms with E-state index in [2.05, 4.69) is 10.3 Å². The third-order valence-corrected chi connectivity index (χ3v) is 3.50. The van der Waals surface area contributed by atoms with Crippen LogP contribution in [0.2, 0.25) is 0 Å². The molecule has 0 bridgehead atoms. The molecule has 0 aromatic carbocycles. The van der Waals surface area contributed by atoms with E-state index in [1.165, 1.54) is 17.0 Å². The second kappa shape index (κ2) is 6.52. The van der Waals surface area contributed by atoms with Gasteiger partial charge in [-0.05, 0) is 46.2 Å². The topological polar surface area (TPSA) is 71.5 Å². The lowest BCUT2D eigenvalue weighted by Crippen LogP contribution is -2.59. The van der Waals surface area contributed by atoms with Crippen LogP contribution in [0, 0.1) is 5.82 Å². The Balaban J connectivity index is 1.93. The number of aromatic nitrogens is 1. The first-order chi connectivity index (χ1) is 10.7. The maximum atomic E-state index is 12.9. The largest absolute Gasteiger partial charge is 0.444 e. The van der Waals surface area contributed by atoms with Crippen LogP contribution in [-0.2, 0) is 9.53 Å². The highest BCUT2D eigenvalue weighted by Crippen LogP contribution is 2.22. The van der Waals surface area contributed by atoms with Gasteiger partial charge in [0.2, 0.25) is 5.91 Å². The standard InChI is InChI=1S/C16H22FN3O3/c1-10(12-6-5-11(17)9-18-12)19-14(21)13-7-8-20(13)15(22)23-16(2,3)4/h5-6,9-10,13H,7-8H2,1-4H3,(H,19,21)/t10-,13+/m0/s1. The first-order valence-electron chi connectivity index (χ1n) is 7.59. The minimum absolute atomic E-state index is 0.263. The summed E-state index contributed by atoms with van der Waals surface area (Å²) in [4.78, 5) is 29.7. The quantitative estimate of drug-likeness (QED) is 0.927.